The molecule has 0 atom stereocenters. The number of aromatic nitrogens is 1. The summed E-state index contributed by atoms with van der Waals surface area (Å²) >= 11 is 1.33. The first-order valence-corrected chi connectivity index (χ1v) is 13.5. The molecule has 3 aromatic rings. The molecule has 9 nitrogen and oxygen atoms in total. The molecule has 11 heteroatoms. The lowest BCUT2D eigenvalue weighted by molar-refractivity contribution is -0.114. The molecule has 0 saturated heterocycles. The molecule has 0 aliphatic heterocycles. The van der Waals surface area contributed by atoms with Crippen LogP contribution in [0.1, 0.15) is 38.1 Å². The Balaban J connectivity index is 1.98. The van der Waals surface area contributed by atoms with E-state index in [0.29, 0.717) is 30.2 Å². The van der Waals surface area contributed by atoms with Crippen molar-refractivity contribution in [2.45, 2.75) is 45.2 Å². The molecule has 0 saturated carbocycles. The number of benzene rings is 2. The van der Waals surface area contributed by atoms with Crippen LogP contribution < -0.4 is 10.1 Å². The van der Waals surface area contributed by atoms with E-state index in [4.69, 9.17) is 4.74 Å². The van der Waals surface area contributed by atoms with Crippen LogP contribution in [0.15, 0.2) is 52.4 Å². The maximum Gasteiger partial charge on any atom is 0.279 e. The fraction of sp³-hybridized carbons (Fsp3) is 0.375. The number of carbonyl (C=O) groups excluding carboxylic acids is 2. The number of carbonyl (C=O) groups is 2. The van der Waals surface area contributed by atoms with Gasteiger partial charge in [-0.3, -0.25) is 9.59 Å². The molecule has 1 N–H and O–H groups in total. The van der Waals surface area contributed by atoms with Crippen molar-refractivity contribution in [2.24, 2.45) is 4.99 Å². The Hall–Kier alpha value is -2.86. The summed E-state index contributed by atoms with van der Waals surface area (Å²) in [5, 5.41) is 2.76. The number of fused-ring (bicyclic) bond motifs is 1. The number of nitrogens with zero attached hydrogens (tertiary/aromatic N) is 3. The van der Waals surface area contributed by atoms with E-state index in [1.165, 1.54) is 53.9 Å². The Kier molecular flexibility index (Phi) is 8.60. The number of sulfonamides is 1. The molecular weight excluding hydrogens is 488 g/mol. The van der Waals surface area contributed by atoms with Gasteiger partial charge in [0, 0.05) is 44.4 Å². The number of amides is 2. The number of rotatable bonds is 9. The van der Waals surface area contributed by atoms with E-state index in [1.807, 2.05) is 23.6 Å². The van der Waals surface area contributed by atoms with Gasteiger partial charge in [0.05, 0.1) is 21.7 Å². The summed E-state index contributed by atoms with van der Waals surface area (Å²) < 4.78 is 34.9. The normalized spacial score (nSPS) is 12.6. The van der Waals surface area contributed by atoms with Crippen LogP contribution in [0.5, 0.6) is 0 Å². The first-order chi connectivity index (χ1) is 16.5. The molecule has 35 heavy (non-hydrogen) atoms. The predicted molar refractivity (Wildman–Crippen MR) is 137 cm³/mol. The molecule has 1 heterocycles. The van der Waals surface area contributed by atoms with Gasteiger partial charge in [-0.1, -0.05) is 11.3 Å². The zero-order chi connectivity index (χ0) is 25.8. The highest BCUT2D eigenvalue weighted by Crippen LogP contribution is 2.22. The zero-order valence-corrected chi connectivity index (χ0v) is 22.1. The fourth-order valence-electron chi connectivity index (χ4n) is 3.32. The van der Waals surface area contributed by atoms with E-state index in [2.05, 4.69) is 10.3 Å². The van der Waals surface area contributed by atoms with Gasteiger partial charge in [-0.25, -0.2) is 8.42 Å². The lowest BCUT2D eigenvalue weighted by atomic mass is 10.2. The summed E-state index contributed by atoms with van der Waals surface area (Å²) in [5.74, 6) is -0.653. The largest absolute Gasteiger partial charge is 0.380 e. The molecule has 2 amide bonds. The molecule has 2 aromatic carbocycles. The molecule has 0 bridgehead atoms. The van der Waals surface area contributed by atoms with Gasteiger partial charge in [-0.2, -0.15) is 9.30 Å². The van der Waals surface area contributed by atoms with Crippen LogP contribution in [0, 0.1) is 0 Å². The summed E-state index contributed by atoms with van der Waals surface area (Å²) in [6, 6.07) is 11.1. The van der Waals surface area contributed by atoms with Crippen molar-refractivity contribution in [3.8, 4) is 0 Å². The van der Waals surface area contributed by atoms with Crippen LogP contribution >= 0.6 is 11.3 Å². The van der Waals surface area contributed by atoms with Crippen LogP contribution in [0.2, 0.25) is 0 Å². The van der Waals surface area contributed by atoms with Gasteiger partial charge < -0.3 is 14.6 Å². The minimum atomic E-state index is -3.64. The molecule has 0 spiro atoms. The molecule has 0 unspecified atom stereocenters. The van der Waals surface area contributed by atoms with E-state index < -0.39 is 15.9 Å². The van der Waals surface area contributed by atoms with Crippen molar-refractivity contribution >= 4 is 49.1 Å². The number of ether oxygens (including phenoxy) is 1. The van der Waals surface area contributed by atoms with Gasteiger partial charge in [-0.15, -0.1) is 0 Å². The monoisotopic (exact) mass is 518 g/mol. The molecule has 0 radical (unpaired) electrons. The second-order valence-electron chi connectivity index (χ2n) is 8.15. The summed E-state index contributed by atoms with van der Waals surface area (Å²) in [7, 11) is -2.12. The summed E-state index contributed by atoms with van der Waals surface area (Å²) in [6.07, 6.45) is 0. The maximum absolute atomic E-state index is 13.0. The quantitative estimate of drug-likeness (QED) is 0.436. The predicted octanol–water partition coefficient (Wildman–Crippen LogP) is 3.47. The molecule has 0 aliphatic carbocycles. The van der Waals surface area contributed by atoms with Crippen molar-refractivity contribution in [3.63, 3.8) is 0 Å². The van der Waals surface area contributed by atoms with Crippen molar-refractivity contribution in [3.05, 3.63) is 52.8 Å². The van der Waals surface area contributed by atoms with Crippen molar-refractivity contribution in [1.29, 1.82) is 0 Å². The SMILES string of the molecule is CCOCCn1c(=NC(=O)c2ccc(S(=O)(=O)N(C)C(C)C)cc2)sc2cc(NC(C)=O)ccc21. The van der Waals surface area contributed by atoms with E-state index in [0.717, 1.165) is 10.2 Å². The second-order valence-corrected chi connectivity index (χ2v) is 11.2. The minimum Gasteiger partial charge on any atom is -0.380 e. The summed E-state index contributed by atoms with van der Waals surface area (Å²) in [5.41, 5.74) is 1.81. The van der Waals surface area contributed by atoms with E-state index >= 15 is 0 Å². The third kappa shape index (κ3) is 6.23. The average Bonchev–Trinajstić information content (AvgIpc) is 3.14. The summed E-state index contributed by atoms with van der Waals surface area (Å²) in [4.78, 5) is 29.3. The Bertz CT molecular complexity index is 1390. The van der Waals surface area contributed by atoms with Crippen LogP contribution in [0.3, 0.4) is 0 Å². The summed E-state index contributed by atoms with van der Waals surface area (Å²) in [6.45, 7) is 8.46. The van der Waals surface area contributed by atoms with Crippen LogP contribution in [0.25, 0.3) is 10.2 Å². The average molecular weight is 519 g/mol. The first-order valence-electron chi connectivity index (χ1n) is 11.2. The van der Waals surface area contributed by atoms with Gasteiger partial charge in [0.25, 0.3) is 5.91 Å². The molecule has 3 rings (SSSR count). The van der Waals surface area contributed by atoms with Crippen LogP contribution in [-0.2, 0) is 26.1 Å². The van der Waals surface area contributed by atoms with Crippen molar-refractivity contribution in [2.75, 3.05) is 25.6 Å². The topological polar surface area (TPSA) is 110 Å². The van der Waals surface area contributed by atoms with E-state index in [1.54, 1.807) is 19.9 Å². The fourth-order valence-corrected chi connectivity index (χ4v) is 5.78. The molecular formula is C24H30N4O5S2. The first kappa shape index (κ1) is 26.7. The van der Waals surface area contributed by atoms with Gasteiger partial charge in [0.1, 0.15) is 0 Å². The third-order valence-corrected chi connectivity index (χ3v) is 8.46. The van der Waals surface area contributed by atoms with Gasteiger partial charge in [0.15, 0.2) is 4.80 Å². The van der Waals surface area contributed by atoms with Gasteiger partial charge >= 0.3 is 0 Å². The molecule has 188 valence electrons. The van der Waals surface area contributed by atoms with Crippen LogP contribution in [0.4, 0.5) is 5.69 Å². The van der Waals surface area contributed by atoms with Gasteiger partial charge in [-0.05, 0) is 63.2 Å². The lowest BCUT2D eigenvalue weighted by Crippen LogP contribution is -2.33. The number of nitrogens with one attached hydrogen (secondary N) is 1. The van der Waals surface area contributed by atoms with Gasteiger partial charge in [0.2, 0.25) is 15.9 Å². The third-order valence-electron chi connectivity index (χ3n) is 5.37. The number of thiazole rings is 1. The number of hydrogen-bond acceptors (Lipinski definition) is 6. The highest BCUT2D eigenvalue weighted by Gasteiger charge is 2.23. The Morgan fingerprint density at radius 1 is 1.17 bits per heavy atom. The molecule has 1 aromatic heterocycles. The zero-order valence-electron chi connectivity index (χ0n) is 20.4. The smallest absolute Gasteiger partial charge is 0.279 e. The Labute approximate surface area is 209 Å². The number of anilines is 1. The standard InChI is InChI=1S/C24H30N4O5S2/c1-6-33-14-13-28-21-12-9-19(25-17(4)29)15-22(21)34-24(28)26-23(30)18-7-10-20(11-8-18)35(31,32)27(5)16(2)3/h7-12,15-16H,6,13-14H2,1-5H3,(H,25,29). The second kappa shape index (κ2) is 11.3. The van der Waals surface area contributed by atoms with E-state index in [9.17, 15) is 18.0 Å². The van der Waals surface area contributed by atoms with Crippen LogP contribution in [-0.4, -0.2) is 55.4 Å². The Morgan fingerprint density at radius 2 is 1.86 bits per heavy atom. The van der Waals surface area contributed by atoms with Crippen molar-refractivity contribution in [1.82, 2.24) is 8.87 Å². The highest BCUT2D eigenvalue weighted by atomic mass is 32.2. The highest BCUT2D eigenvalue weighted by molar-refractivity contribution is 7.89. The lowest BCUT2D eigenvalue weighted by Gasteiger charge is -2.20. The maximum atomic E-state index is 13.0. The molecule has 0 aliphatic rings. The number of hydrogen-bond donors (Lipinski definition) is 1. The van der Waals surface area contributed by atoms with E-state index in [-0.39, 0.29) is 22.4 Å². The minimum absolute atomic E-state index is 0.115. The van der Waals surface area contributed by atoms with Crippen molar-refractivity contribution < 1.29 is 22.7 Å². The molecule has 0 fully saturated rings. The Morgan fingerprint density at radius 3 is 2.46 bits per heavy atom.